The first-order valence-electron chi connectivity index (χ1n) is 16.2. The lowest BCUT2D eigenvalue weighted by atomic mass is 10.1. The Morgan fingerprint density at radius 1 is 0.640 bits per heavy atom. The molecule has 2 aromatic heterocycles. The van der Waals surface area contributed by atoms with Crippen LogP contribution in [0.15, 0.2) is 73.1 Å². The molecular formula is C36H38ClF6N5O2. The molecule has 268 valence electrons. The van der Waals surface area contributed by atoms with E-state index in [1.54, 1.807) is 0 Å². The molecule has 50 heavy (non-hydrogen) atoms. The van der Waals surface area contributed by atoms with E-state index in [1.807, 2.05) is 60.0 Å². The number of nitrogens with zero attached hydrogens (tertiary/aromatic N) is 4. The molecule has 0 aliphatic carbocycles. The molecule has 2 aliphatic rings. The van der Waals surface area contributed by atoms with Gasteiger partial charge in [-0.3, -0.25) is 0 Å². The second-order valence-corrected chi connectivity index (χ2v) is 12.8. The van der Waals surface area contributed by atoms with E-state index >= 15 is 0 Å². The number of pyridine rings is 2. The smallest absolute Gasteiger partial charge is 0.417 e. The van der Waals surface area contributed by atoms with Crippen molar-refractivity contribution in [1.82, 2.24) is 9.97 Å². The molecule has 0 bridgehead atoms. The second kappa shape index (κ2) is 15.7. The summed E-state index contributed by atoms with van der Waals surface area (Å²) in [6.07, 6.45) is -3.66. The summed E-state index contributed by atoms with van der Waals surface area (Å²) in [6.45, 7) is 6.62. The van der Waals surface area contributed by atoms with Crippen LogP contribution in [0.25, 0.3) is 0 Å². The fourth-order valence-electron chi connectivity index (χ4n) is 5.68. The summed E-state index contributed by atoms with van der Waals surface area (Å²) in [6, 6.07) is 16.2. The first-order valence-corrected chi connectivity index (χ1v) is 16.6. The summed E-state index contributed by atoms with van der Waals surface area (Å²) >= 11 is 6.01. The molecule has 0 radical (unpaired) electrons. The van der Waals surface area contributed by atoms with Gasteiger partial charge in [0.1, 0.15) is 35.3 Å². The Morgan fingerprint density at radius 3 is 1.42 bits per heavy atom. The summed E-state index contributed by atoms with van der Waals surface area (Å²) in [7, 11) is 0. The highest BCUT2D eigenvalue weighted by Crippen LogP contribution is 2.32. The molecule has 4 aromatic rings. The maximum atomic E-state index is 12.6. The van der Waals surface area contributed by atoms with Gasteiger partial charge in [0, 0.05) is 75.0 Å². The highest BCUT2D eigenvalue weighted by Gasteiger charge is 2.32. The number of piperidine rings is 2. The van der Waals surface area contributed by atoms with Crippen LogP contribution in [0.3, 0.4) is 0 Å². The summed E-state index contributed by atoms with van der Waals surface area (Å²) < 4.78 is 87.5. The Balaban J connectivity index is 0.000000194. The monoisotopic (exact) mass is 721 g/mol. The lowest BCUT2D eigenvalue weighted by Gasteiger charge is -2.33. The summed E-state index contributed by atoms with van der Waals surface area (Å²) in [5, 5.41) is 0.704. The number of alkyl halides is 6. The van der Waals surface area contributed by atoms with Crippen molar-refractivity contribution in [3.63, 3.8) is 0 Å². The van der Waals surface area contributed by atoms with Crippen LogP contribution >= 0.6 is 11.6 Å². The zero-order valence-electron chi connectivity index (χ0n) is 27.6. The minimum atomic E-state index is -4.36. The molecule has 2 saturated heterocycles. The van der Waals surface area contributed by atoms with Crippen molar-refractivity contribution in [3.05, 3.63) is 100 Å². The quantitative estimate of drug-likeness (QED) is 0.157. The van der Waals surface area contributed by atoms with E-state index in [-0.39, 0.29) is 12.2 Å². The van der Waals surface area contributed by atoms with E-state index in [2.05, 4.69) is 9.97 Å². The minimum absolute atomic E-state index is 0.0753. The lowest BCUT2D eigenvalue weighted by Crippen LogP contribution is -2.38. The van der Waals surface area contributed by atoms with Gasteiger partial charge in [0.2, 0.25) is 0 Å². The SMILES string of the molecule is Cc1cc(OC2CCN(c3ccc(C(F)(F)F)cn3)CC2)ccc1Cl.Cc1cc(OC2CCN(c3ccc(C(F)(F)F)cn3)CC2)ccc1N. The van der Waals surface area contributed by atoms with Gasteiger partial charge in [-0.1, -0.05) is 11.6 Å². The number of aryl methyl sites for hydroxylation is 2. The maximum absolute atomic E-state index is 12.6. The fraction of sp³-hybridized carbons (Fsp3) is 0.389. The van der Waals surface area contributed by atoms with E-state index in [0.29, 0.717) is 42.8 Å². The molecule has 14 heteroatoms. The second-order valence-electron chi connectivity index (χ2n) is 12.3. The first kappa shape index (κ1) is 36.9. The molecule has 2 fully saturated rings. The van der Waals surface area contributed by atoms with Gasteiger partial charge in [0.15, 0.2) is 0 Å². The van der Waals surface area contributed by atoms with Gasteiger partial charge in [-0.15, -0.1) is 0 Å². The largest absolute Gasteiger partial charge is 0.490 e. The molecule has 2 aliphatic heterocycles. The zero-order chi connectivity index (χ0) is 36.1. The highest BCUT2D eigenvalue weighted by atomic mass is 35.5. The number of nitrogens with two attached hydrogens (primary N) is 1. The topological polar surface area (TPSA) is 76.7 Å². The first-order chi connectivity index (χ1) is 23.7. The standard InChI is InChI=1S/C18H18ClF3N2O.C18H20F3N3O/c1-12-10-15(3-4-16(12)19)25-14-6-8-24(9-7-14)17-5-2-13(11-23-17)18(20,21)22;1-12-10-15(3-4-16(12)22)25-14-6-8-24(9-7-14)17-5-2-13(11-23-17)18(19,20)21/h2-5,10-11,14H,6-9H2,1H3;2-5,10-11,14H,6-9,22H2,1H3. The van der Waals surface area contributed by atoms with Crippen molar-refractivity contribution in [1.29, 1.82) is 0 Å². The number of hydrogen-bond acceptors (Lipinski definition) is 7. The van der Waals surface area contributed by atoms with Crippen molar-refractivity contribution >= 4 is 28.9 Å². The molecule has 2 N–H and O–H groups in total. The van der Waals surface area contributed by atoms with Crippen LogP contribution in [0.5, 0.6) is 11.5 Å². The highest BCUT2D eigenvalue weighted by molar-refractivity contribution is 6.31. The molecule has 0 amide bonds. The number of benzene rings is 2. The van der Waals surface area contributed by atoms with Crippen LogP contribution < -0.4 is 25.0 Å². The molecular weight excluding hydrogens is 684 g/mol. The average molecular weight is 722 g/mol. The van der Waals surface area contributed by atoms with Gasteiger partial charge in [-0.25, -0.2) is 9.97 Å². The van der Waals surface area contributed by atoms with Crippen LogP contribution in [0.2, 0.25) is 5.02 Å². The van der Waals surface area contributed by atoms with Gasteiger partial charge in [0.25, 0.3) is 0 Å². The molecule has 0 atom stereocenters. The number of anilines is 3. The summed E-state index contributed by atoms with van der Waals surface area (Å²) in [5.41, 5.74) is 7.02. The number of rotatable bonds is 6. The van der Waals surface area contributed by atoms with Crippen molar-refractivity contribution in [2.45, 2.75) is 64.1 Å². The number of halogens is 7. The average Bonchev–Trinajstić information content (AvgIpc) is 3.08. The van der Waals surface area contributed by atoms with Crippen molar-refractivity contribution in [2.24, 2.45) is 0 Å². The van der Waals surface area contributed by atoms with Crippen LogP contribution in [0.1, 0.15) is 47.9 Å². The Kier molecular flexibility index (Phi) is 11.5. The van der Waals surface area contributed by atoms with E-state index in [9.17, 15) is 26.3 Å². The Labute approximate surface area is 292 Å². The van der Waals surface area contributed by atoms with Crippen LogP contribution in [0, 0.1) is 13.8 Å². The van der Waals surface area contributed by atoms with Gasteiger partial charge < -0.3 is 25.0 Å². The molecule has 0 saturated carbocycles. The number of aromatic nitrogens is 2. The Morgan fingerprint density at radius 2 is 1.06 bits per heavy atom. The molecule has 4 heterocycles. The maximum Gasteiger partial charge on any atom is 0.417 e. The zero-order valence-corrected chi connectivity index (χ0v) is 28.3. The fourth-order valence-corrected chi connectivity index (χ4v) is 5.80. The third-order valence-electron chi connectivity index (χ3n) is 8.66. The van der Waals surface area contributed by atoms with E-state index in [4.69, 9.17) is 26.8 Å². The summed E-state index contributed by atoms with van der Waals surface area (Å²) in [5.74, 6) is 2.70. The Bertz CT molecular complexity index is 1580. The molecule has 6 rings (SSSR count). The van der Waals surface area contributed by atoms with E-state index in [0.717, 1.165) is 78.5 Å². The third-order valence-corrected chi connectivity index (χ3v) is 9.08. The Hall–Kier alpha value is -4.39. The summed E-state index contributed by atoms with van der Waals surface area (Å²) in [4.78, 5) is 11.9. The van der Waals surface area contributed by atoms with E-state index < -0.39 is 23.5 Å². The van der Waals surface area contributed by atoms with Crippen molar-refractivity contribution in [2.75, 3.05) is 41.7 Å². The van der Waals surface area contributed by atoms with Gasteiger partial charge in [-0.05, 0) is 85.6 Å². The third kappa shape index (κ3) is 9.86. The van der Waals surface area contributed by atoms with Crippen molar-refractivity contribution in [3.8, 4) is 11.5 Å². The van der Waals surface area contributed by atoms with Crippen molar-refractivity contribution < 1.29 is 35.8 Å². The normalized spacial score (nSPS) is 16.1. The van der Waals surface area contributed by atoms with Gasteiger partial charge in [-0.2, -0.15) is 26.3 Å². The van der Waals surface area contributed by atoms with Gasteiger partial charge >= 0.3 is 12.4 Å². The van der Waals surface area contributed by atoms with Crippen LogP contribution in [-0.4, -0.2) is 48.4 Å². The molecule has 2 aromatic carbocycles. The number of ether oxygens (including phenoxy) is 2. The lowest BCUT2D eigenvalue weighted by molar-refractivity contribution is -0.138. The molecule has 0 spiro atoms. The predicted octanol–water partition coefficient (Wildman–Crippen LogP) is 9.15. The molecule has 7 nitrogen and oxygen atoms in total. The van der Waals surface area contributed by atoms with Crippen LogP contribution in [-0.2, 0) is 12.4 Å². The minimum Gasteiger partial charge on any atom is -0.490 e. The predicted molar refractivity (Wildman–Crippen MR) is 182 cm³/mol. The van der Waals surface area contributed by atoms with Gasteiger partial charge in [0.05, 0.1) is 11.1 Å². The number of hydrogen-bond donors (Lipinski definition) is 1. The molecule has 0 unspecified atom stereocenters. The van der Waals surface area contributed by atoms with Crippen LogP contribution in [0.4, 0.5) is 43.7 Å². The van der Waals surface area contributed by atoms with E-state index in [1.165, 1.54) is 12.1 Å². The number of nitrogen functional groups attached to an aromatic ring is 1.